The number of nitrogens with two attached hydrogens (primary N) is 1. The van der Waals surface area contributed by atoms with Crippen molar-refractivity contribution in [2.75, 3.05) is 0 Å². The zero-order valence-corrected chi connectivity index (χ0v) is 7.39. The molecule has 11 heavy (non-hydrogen) atoms. The summed E-state index contributed by atoms with van der Waals surface area (Å²) in [6, 6.07) is 0. The van der Waals surface area contributed by atoms with Crippen LogP contribution in [-0.4, -0.2) is 5.91 Å². The molecule has 0 aromatic rings. The van der Waals surface area contributed by atoms with E-state index in [-0.39, 0.29) is 11.8 Å². The SMILES string of the molecule is CCCC[C@@H](CC)C(=O)NN. The Morgan fingerprint density at radius 1 is 1.55 bits per heavy atom. The maximum Gasteiger partial charge on any atom is 0.236 e. The molecule has 0 spiro atoms. The Kier molecular flexibility index (Phi) is 5.84. The fourth-order valence-corrected chi connectivity index (χ4v) is 1.09. The molecule has 3 heteroatoms. The van der Waals surface area contributed by atoms with Crippen molar-refractivity contribution in [3.05, 3.63) is 0 Å². The zero-order chi connectivity index (χ0) is 8.69. The van der Waals surface area contributed by atoms with E-state index in [1.165, 1.54) is 0 Å². The number of rotatable bonds is 5. The third-order valence-corrected chi connectivity index (χ3v) is 1.91. The van der Waals surface area contributed by atoms with Crippen LogP contribution >= 0.6 is 0 Å². The molecule has 1 amide bonds. The van der Waals surface area contributed by atoms with Crippen molar-refractivity contribution in [3.8, 4) is 0 Å². The fourth-order valence-electron chi connectivity index (χ4n) is 1.09. The van der Waals surface area contributed by atoms with E-state index in [1.54, 1.807) is 0 Å². The Morgan fingerprint density at radius 3 is 2.55 bits per heavy atom. The van der Waals surface area contributed by atoms with E-state index in [9.17, 15) is 4.79 Å². The molecule has 0 aliphatic rings. The van der Waals surface area contributed by atoms with Crippen LogP contribution in [0.4, 0.5) is 0 Å². The molecule has 0 saturated heterocycles. The van der Waals surface area contributed by atoms with Crippen molar-refractivity contribution in [1.82, 2.24) is 5.43 Å². The second kappa shape index (κ2) is 6.16. The molecular weight excluding hydrogens is 140 g/mol. The van der Waals surface area contributed by atoms with E-state index in [0.717, 1.165) is 25.7 Å². The van der Waals surface area contributed by atoms with E-state index in [1.807, 2.05) is 6.92 Å². The van der Waals surface area contributed by atoms with Gasteiger partial charge in [-0.1, -0.05) is 26.7 Å². The molecule has 0 bridgehead atoms. The van der Waals surface area contributed by atoms with Gasteiger partial charge in [-0.15, -0.1) is 0 Å². The Bertz CT molecular complexity index is 115. The van der Waals surface area contributed by atoms with Crippen LogP contribution in [0.25, 0.3) is 0 Å². The molecule has 0 radical (unpaired) electrons. The van der Waals surface area contributed by atoms with Gasteiger partial charge in [0.15, 0.2) is 0 Å². The molecule has 0 unspecified atom stereocenters. The molecule has 3 nitrogen and oxygen atoms in total. The van der Waals surface area contributed by atoms with Gasteiger partial charge in [0.2, 0.25) is 5.91 Å². The lowest BCUT2D eigenvalue weighted by atomic mass is 9.99. The smallest absolute Gasteiger partial charge is 0.236 e. The van der Waals surface area contributed by atoms with Crippen molar-refractivity contribution >= 4 is 5.91 Å². The van der Waals surface area contributed by atoms with E-state index < -0.39 is 0 Å². The monoisotopic (exact) mass is 158 g/mol. The van der Waals surface area contributed by atoms with Gasteiger partial charge in [-0.3, -0.25) is 10.2 Å². The van der Waals surface area contributed by atoms with Crippen molar-refractivity contribution in [1.29, 1.82) is 0 Å². The maximum absolute atomic E-state index is 11.0. The molecule has 0 saturated carbocycles. The van der Waals surface area contributed by atoms with Crippen LogP contribution in [0.2, 0.25) is 0 Å². The lowest BCUT2D eigenvalue weighted by Crippen LogP contribution is -2.35. The third-order valence-electron chi connectivity index (χ3n) is 1.91. The van der Waals surface area contributed by atoms with Gasteiger partial charge in [0.1, 0.15) is 0 Å². The summed E-state index contributed by atoms with van der Waals surface area (Å²) in [4.78, 5) is 11.0. The van der Waals surface area contributed by atoms with Crippen LogP contribution in [0, 0.1) is 5.92 Å². The predicted octanol–water partition coefficient (Wildman–Crippen LogP) is 1.19. The molecule has 0 aliphatic carbocycles. The summed E-state index contributed by atoms with van der Waals surface area (Å²) in [5.74, 6) is 5.10. The highest BCUT2D eigenvalue weighted by molar-refractivity contribution is 5.77. The summed E-state index contributed by atoms with van der Waals surface area (Å²) in [6.45, 7) is 4.13. The van der Waals surface area contributed by atoms with Crippen molar-refractivity contribution in [3.63, 3.8) is 0 Å². The van der Waals surface area contributed by atoms with Crippen LogP contribution in [-0.2, 0) is 4.79 Å². The first-order chi connectivity index (χ1) is 5.26. The molecule has 0 rings (SSSR count). The highest BCUT2D eigenvalue weighted by atomic mass is 16.2. The van der Waals surface area contributed by atoms with Crippen molar-refractivity contribution < 1.29 is 4.79 Å². The fraction of sp³-hybridized carbons (Fsp3) is 0.875. The first kappa shape index (κ1) is 10.4. The zero-order valence-electron chi connectivity index (χ0n) is 7.39. The summed E-state index contributed by atoms with van der Waals surface area (Å²) in [7, 11) is 0. The van der Waals surface area contributed by atoms with Gasteiger partial charge in [0.25, 0.3) is 0 Å². The quantitative estimate of drug-likeness (QED) is 0.359. The van der Waals surface area contributed by atoms with Gasteiger partial charge in [-0.2, -0.15) is 0 Å². The molecule has 3 N–H and O–H groups in total. The van der Waals surface area contributed by atoms with Gasteiger partial charge in [0.05, 0.1) is 0 Å². The summed E-state index contributed by atoms with van der Waals surface area (Å²) in [5.41, 5.74) is 2.19. The van der Waals surface area contributed by atoms with Gasteiger partial charge >= 0.3 is 0 Å². The number of hydrogen-bond donors (Lipinski definition) is 2. The normalized spacial score (nSPS) is 12.6. The van der Waals surface area contributed by atoms with E-state index in [0.29, 0.717) is 0 Å². The average molecular weight is 158 g/mol. The number of amides is 1. The largest absolute Gasteiger partial charge is 0.294 e. The molecule has 66 valence electrons. The second-order valence-electron chi connectivity index (χ2n) is 2.76. The molecule has 0 fully saturated rings. The molecule has 0 aromatic carbocycles. The predicted molar refractivity (Wildman–Crippen MR) is 45.6 cm³/mol. The van der Waals surface area contributed by atoms with E-state index in [2.05, 4.69) is 12.3 Å². The highest BCUT2D eigenvalue weighted by Gasteiger charge is 2.13. The minimum Gasteiger partial charge on any atom is -0.294 e. The number of carbonyl (C=O) groups is 1. The first-order valence-electron chi connectivity index (χ1n) is 4.26. The Hall–Kier alpha value is -0.570. The van der Waals surface area contributed by atoms with Crippen LogP contribution in [0.15, 0.2) is 0 Å². The maximum atomic E-state index is 11.0. The van der Waals surface area contributed by atoms with Crippen LogP contribution < -0.4 is 11.3 Å². The van der Waals surface area contributed by atoms with E-state index >= 15 is 0 Å². The minimum absolute atomic E-state index is 0.0269. The number of hydrogen-bond acceptors (Lipinski definition) is 2. The number of nitrogens with one attached hydrogen (secondary N) is 1. The Morgan fingerprint density at radius 2 is 2.18 bits per heavy atom. The Labute approximate surface area is 68.3 Å². The van der Waals surface area contributed by atoms with Crippen LogP contribution in [0.5, 0.6) is 0 Å². The Balaban J connectivity index is 3.65. The second-order valence-corrected chi connectivity index (χ2v) is 2.76. The number of unbranched alkanes of at least 4 members (excludes halogenated alkanes) is 1. The van der Waals surface area contributed by atoms with E-state index in [4.69, 9.17) is 5.84 Å². The molecule has 0 heterocycles. The molecule has 0 aliphatic heterocycles. The summed E-state index contributed by atoms with van der Waals surface area (Å²) >= 11 is 0. The van der Waals surface area contributed by atoms with Crippen molar-refractivity contribution in [2.24, 2.45) is 11.8 Å². The molecular formula is C8H18N2O. The topological polar surface area (TPSA) is 55.1 Å². The highest BCUT2D eigenvalue weighted by Crippen LogP contribution is 2.11. The van der Waals surface area contributed by atoms with Gasteiger partial charge in [-0.25, -0.2) is 5.84 Å². The standard InChI is InChI=1S/C8H18N2O/c1-3-5-6-7(4-2)8(11)10-9/h7H,3-6,9H2,1-2H3,(H,10,11)/t7-/m1/s1. The minimum atomic E-state index is -0.0269. The van der Waals surface area contributed by atoms with Gasteiger partial charge in [-0.05, 0) is 12.8 Å². The molecule has 0 aromatic heterocycles. The number of hydrazine groups is 1. The van der Waals surface area contributed by atoms with Gasteiger partial charge < -0.3 is 0 Å². The first-order valence-corrected chi connectivity index (χ1v) is 4.26. The summed E-state index contributed by atoms with van der Waals surface area (Å²) < 4.78 is 0. The lowest BCUT2D eigenvalue weighted by molar-refractivity contribution is -0.125. The average Bonchev–Trinajstić information content (AvgIpc) is 2.05. The van der Waals surface area contributed by atoms with Crippen LogP contribution in [0.3, 0.4) is 0 Å². The van der Waals surface area contributed by atoms with Crippen molar-refractivity contribution in [2.45, 2.75) is 39.5 Å². The lowest BCUT2D eigenvalue weighted by Gasteiger charge is -2.11. The third kappa shape index (κ3) is 3.98. The summed E-state index contributed by atoms with van der Waals surface area (Å²) in [6.07, 6.45) is 4.07. The van der Waals surface area contributed by atoms with Crippen LogP contribution in [0.1, 0.15) is 39.5 Å². The van der Waals surface area contributed by atoms with Gasteiger partial charge in [0, 0.05) is 5.92 Å². The molecule has 1 atom stereocenters. The number of carbonyl (C=O) groups excluding carboxylic acids is 1. The summed E-state index contributed by atoms with van der Waals surface area (Å²) in [5, 5.41) is 0.